The molecule has 0 bridgehead atoms. The van der Waals surface area contributed by atoms with Gasteiger partial charge >= 0.3 is 12.1 Å². The summed E-state index contributed by atoms with van der Waals surface area (Å²) in [6, 6.07) is 2.60. The molecule has 1 amide bonds. The maximum absolute atomic E-state index is 12.4. The number of hydrogen-bond donors (Lipinski definition) is 1. The summed E-state index contributed by atoms with van der Waals surface area (Å²) in [6.45, 7) is 2.43. The molecule has 19 heavy (non-hydrogen) atoms. The van der Waals surface area contributed by atoms with Gasteiger partial charge in [-0.3, -0.25) is 9.69 Å². The molecule has 0 fully saturated rings. The molecule has 1 aromatic rings. The molecule has 0 spiro atoms. The van der Waals surface area contributed by atoms with Gasteiger partial charge in [0.15, 0.2) is 0 Å². The third-order valence-corrected chi connectivity index (χ3v) is 2.56. The lowest BCUT2D eigenvalue weighted by Gasteiger charge is -2.25. The van der Waals surface area contributed by atoms with Gasteiger partial charge in [0.2, 0.25) is 5.91 Å². The van der Waals surface area contributed by atoms with Crippen molar-refractivity contribution in [3.05, 3.63) is 29.8 Å². The summed E-state index contributed by atoms with van der Waals surface area (Å²) in [4.78, 5) is 23.2. The Hall–Kier alpha value is -2.05. The molecule has 7 heteroatoms. The van der Waals surface area contributed by atoms with Crippen LogP contribution in [0, 0.1) is 0 Å². The van der Waals surface area contributed by atoms with E-state index in [1.165, 1.54) is 6.92 Å². The molecule has 0 aliphatic carbocycles. The zero-order chi connectivity index (χ0) is 14.8. The average Bonchev–Trinajstić information content (AvgIpc) is 2.28. The first-order valence-electron chi connectivity index (χ1n) is 5.34. The molecule has 104 valence electrons. The van der Waals surface area contributed by atoms with Crippen LogP contribution in [0.1, 0.15) is 19.4 Å². The fraction of sp³-hybridized carbons (Fsp3) is 0.333. The predicted octanol–water partition coefficient (Wildman–Crippen LogP) is 2.53. The standard InChI is InChI=1S/C12H12F3NO3/c1-7(11(18)19)16(8(2)17)10-5-3-9(4-6-10)12(13,14)15/h3-7H,1-2H3,(H,18,19)/t7-/m1/s1. The minimum absolute atomic E-state index is 0.107. The second-order valence-electron chi connectivity index (χ2n) is 3.95. The molecule has 0 unspecified atom stereocenters. The van der Waals surface area contributed by atoms with Gasteiger partial charge in [0.05, 0.1) is 5.56 Å². The van der Waals surface area contributed by atoms with Crippen molar-refractivity contribution in [2.75, 3.05) is 4.90 Å². The van der Waals surface area contributed by atoms with E-state index in [2.05, 4.69) is 0 Å². The number of carboxylic acid groups (broad SMARTS) is 1. The monoisotopic (exact) mass is 275 g/mol. The van der Waals surface area contributed by atoms with Crippen LogP contribution >= 0.6 is 0 Å². The van der Waals surface area contributed by atoms with E-state index in [4.69, 9.17) is 5.11 Å². The maximum Gasteiger partial charge on any atom is 0.416 e. The maximum atomic E-state index is 12.4. The van der Waals surface area contributed by atoms with Crippen molar-refractivity contribution in [1.82, 2.24) is 0 Å². The predicted molar refractivity (Wildman–Crippen MR) is 61.7 cm³/mol. The molecule has 0 aromatic heterocycles. The van der Waals surface area contributed by atoms with Crippen LogP contribution in [0.5, 0.6) is 0 Å². The summed E-state index contributed by atoms with van der Waals surface area (Å²) < 4.78 is 37.2. The summed E-state index contributed by atoms with van der Waals surface area (Å²) in [6.07, 6.45) is -4.47. The number of amides is 1. The van der Waals surface area contributed by atoms with Crippen molar-refractivity contribution in [2.24, 2.45) is 0 Å². The Kier molecular flexibility index (Phi) is 4.18. The van der Waals surface area contributed by atoms with E-state index in [-0.39, 0.29) is 5.69 Å². The number of halogens is 3. The van der Waals surface area contributed by atoms with Gasteiger partial charge in [0, 0.05) is 12.6 Å². The smallest absolute Gasteiger partial charge is 0.416 e. The molecule has 1 atom stereocenters. The van der Waals surface area contributed by atoms with Gasteiger partial charge in [0.25, 0.3) is 0 Å². The van der Waals surface area contributed by atoms with Gasteiger partial charge in [0.1, 0.15) is 6.04 Å². The quantitative estimate of drug-likeness (QED) is 0.922. The van der Waals surface area contributed by atoms with E-state index in [1.807, 2.05) is 0 Å². The van der Waals surface area contributed by atoms with E-state index in [9.17, 15) is 22.8 Å². The van der Waals surface area contributed by atoms with Crippen LogP contribution in [0.25, 0.3) is 0 Å². The molecule has 0 aliphatic rings. The number of carbonyl (C=O) groups excluding carboxylic acids is 1. The number of alkyl halides is 3. The Bertz CT molecular complexity index is 482. The number of rotatable bonds is 3. The van der Waals surface area contributed by atoms with Gasteiger partial charge in [-0.25, -0.2) is 4.79 Å². The number of nitrogens with zero attached hydrogens (tertiary/aromatic N) is 1. The van der Waals surface area contributed by atoms with Gasteiger partial charge in [-0.15, -0.1) is 0 Å². The van der Waals surface area contributed by atoms with Crippen molar-refractivity contribution >= 4 is 17.6 Å². The normalized spacial score (nSPS) is 12.9. The Morgan fingerprint density at radius 3 is 2.00 bits per heavy atom. The molecular formula is C12H12F3NO3. The highest BCUT2D eigenvalue weighted by Gasteiger charge is 2.31. The van der Waals surface area contributed by atoms with Crippen molar-refractivity contribution < 1.29 is 27.9 Å². The number of aliphatic carboxylic acids is 1. The largest absolute Gasteiger partial charge is 0.480 e. The number of carboxylic acids is 1. The Labute approximate surface area is 107 Å². The zero-order valence-electron chi connectivity index (χ0n) is 10.2. The number of hydrogen-bond acceptors (Lipinski definition) is 2. The van der Waals surface area contributed by atoms with E-state index < -0.39 is 29.7 Å². The van der Waals surface area contributed by atoms with E-state index in [0.29, 0.717) is 0 Å². The summed E-state index contributed by atoms with van der Waals surface area (Å²) >= 11 is 0. The van der Waals surface area contributed by atoms with Gasteiger partial charge in [-0.1, -0.05) is 0 Å². The van der Waals surface area contributed by atoms with Crippen molar-refractivity contribution in [3.8, 4) is 0 Å². The summed E-state index contributed by atoms with van der Waals surface area (Å²) in [5.41, 5.74) is -0.752. The highest BCUT2D eigenvalue weighted by molar-refractivity contribution is 5.97. The van der Waals surface area contributed by atoms with Gasteiger partial charge in [-0.05, 0) is 31.2 Å². The molecule has 0 saturated heterocycles. The van der Waals surface area contributed by atoms with E-state index in [1.54, 1.807) is 0 Å². The lowest BCUT2D eigenvalue weighted by atomic mass is 10.1. The number of carbonyl (C=O) groups is 2. The van der Waals surface area contributed by atoms with Crippen LogP contribution in [0.4, 0.5) is 18.9 Å². The summed E-state index contributed by atoms with van der Waals surface area (Å²) in [5, 5.41) is 8.87. The van der Waals surface area contributed by atoms with E-state index in [0.717, 1.165) is 36.1 Å². The van der Waals surface area contributed by atoms with Crippen molar-refractivity contribution in [1.29, 1.82) is 0 Å². The topological polar surface area (TPSA) is 57.6 Å². The van der Waals surface area contributed by atoms with Crippen LogP contribution in [0.3, 0.4) is 0 Å². The van der Waals surface area contributed by atoms with Crippen molar-refractivity contribution in [3.63, 3.8) is 0 Å². The molecule has 0 heterocycles. The third-order valence-electron chi connectivity index (χ3n) is 2.56. The fourth-order valence-corrected chi connectivity index (χ4v) is 1.60. The minimum Gasteiger partial charge on any atom is -0.480 e. The second kappa shape index (κ2) is 5.29. The lowest BCUT2D eigenvalue weighted by molar-refractivity contribution is -0.139. The summed E-state index contributed by atoms with van der Waals surface area (Å²) in [5.74, 6) is -1.80. The molecule has 1 aromatic carbocycles. The number of anilines is 1. The minimum atomic E-state index is -4.47. The first-order chi connectivity index (χ1) is 8.64. The second-order valence-corrected chi connectivity index (χ2v) is 3.95. The highest BCUT2D eigenvalue weighted by atomic mass is 19.4. The average molecular weight is 275 g/mol. The van der Waals surface area contributed by atoms with Crippen LogP contribution in [-0.2, 0) is 15.8 Å². The van der Waals surface area contributed by atoms with Crippen molar-refractivity contribution in [2.45, 2.75) is 26.1 Å². The molecule has 0 radical (unpaired) electrons. The molecule has 0 aliphatic heterocycles. The fourth-order valence-electron chi connectivity index (χ4n) is 1.60. The molecule has 1 rings (SSSR count). The highest BCUT2D eigenvalue weighted by Crippen LogP contribution is 2.30. The molecular weight excluding hydrogens is 263 g/mol. The third kappa shape index (κ3) is 3.46. The van der Waals surface area contributed by atoms with Crippen LogP contribution in [0.15, 0.2) is 24.3 Å². The first kappa shape index (κ1) is 15.0. The Morgan fingerprint density at radius 2 is 1.68 bits per heavy atom. The Balaban J connectivity index is 3.12. The van der Waals surface area contributed by atoms with Gasteiger partial charge in [-0.2, -0.15) is 13.2 Å². The zero-order valence-corrected chi connectivity index (χ0v) is 10.2. The van der Waals surface area contributed by atoms with Crippen LogP contribution < -0.4 is 4.90 Å². The molecule has 1 N–H and O–H groups in total. The number of benzene rings is 1. The summed E-state index contributed by atoms with van der Waals surface area (Å²) in [7, 11) is 0. The Morgan fingerprint density at radius 1 is 1.21 bits per heavy atom. The molecule has 4 nitrogen and oxygen atoms in total. The van der Waals surface area contributed by atoms with Crippen LogP contribution in [-0.4, -0.2) is 23.0 Å². The van der Waals surface area contributed by atoms with Gasteiger partial charge < -0.3 is 5.11 Å². The lowest BCUT2D eigenvalue weighted by Crippen LogP contribution is -2.42. The SMILES string of the molecule is CC(=O)N(c1ccc(C(F)(F)F)cc1)[C@H](C)C(=O)O. The molecule has 0 saturated carbocycles. The first-order valence-corrected chi connectivity index (χ1v) is 5.34. The van der Waals surface area contributed by atoms with Crippen LogP contribution in [0.2, 0.25) is 0 Å². The van der Waals surface area contributed by atoms with E-state index >= 15 is 0 Å².